The van der Waals surface area contributed by atoms with Crippen LogP contribution in [0.1, 0.15) is 50.6 Å². The summed E-state index contributed by atoms with van der Waals surface area (Å²) in [5.74, 6) is 0.492. The molecule has 0 aromatic heterocycles. The molecule has 6 heteroatoms. The maximum absolute atomic E-state index is 13.3. The average Bonchev–Trinajstić information content (AvgIpc) is 2.86. The number of likely N-dealkylation sites (tertiary alicyclic amines) is 1. The van der Waals surface area contributed by atoms with Crippen LogP contribution in [0, 0.1) is 5.92 Å². The number of rotatable bonds is 6. The Balaban J connectivity index is 1.43. The number of fused-ring (bicyclic) bond motifs is 2. The number of aliphatic hydroxyl groups is 1. The molecule has 2 aliphatic rings. The second-order valence-corrected chi connectivity index (χ2v) is 9.86. The number of piperidine rings is 1. The van der Waals surface area contributed by atoms with E-state index in [1.807, 2.05) is 61.5 Å². The van der Waals surface area contributed by atoms with Crippen LogP contribution in [-0.4, -0.2) is 46.3 Å². The van der Waals surface area contributed by atoms with Crippen LogP contribution in [0.2, 0.25) is 0 Å². The molecule has 3 atom stereocenters. The first-order chi connectivity index (χ1) is 17.0. The number of ether oxygens (including phenoxy) is 1. The minimum absolute atomic E-state index is 0.0226. The number of aromatic hydroxyl groups is 1. The molecule has 3 N–H and O–H groups in total. The minimum Gasteiger partial charge on any atom is -0.504 e. The standard InChI is InChI=1S/C29H34N2O4/c1-2-35-26-18-21(13-14-25(26)32)28-23-11-5-6-15-29(23,34)16-17-31(28)19-27(33)30-24-12-7-9-20-8-3-4-10-22(20)24/h3-4,7-10,12-14,18,23,28,32,34H,2,5-6,11,15-17,19H2,1H3,(H,30,33)/t23-,28+,29+/m0/s1. The molecule has 1 aliphatic carbocycles. The molecular formula is C29H34N2O4. The zero-order valence-electron chi connectivity index (χ0n) is 20.2. The van der Waals surface area contributed by atoms with Gasteiger partial charge in [-0.3, -0.25) is 9.69 Å². The number of carbonyl (C=O) groups excluding carboxylic acids is 1. The second kappa shape index (κ2) is 9.88. The molecule has 0 unspecified atom stereocenters. The number of phenols is 1. The van der Waals surface area contributed by atoms with Gasteiger partial charge < -0.3 is 20.3 Å². The Morgan fingerprint density at radius 1 is 1.11 bits per heavy atom. The van der Waals surface area contributed by atoms with E-state index in [1.54, 1.807) is 6.07 Å². The van der Waals surface area contributed by atoms with Crippen molar-refractivity contribution in [2.24, 2.45) is 5.92 Å². The van der Waals surface area contributed by atoms with E-state index in [0.717, 1.165) is 47.7 Å². The van der Waals surface area contributed by atoms with Gasteiger partial charge in [-0.25, -0.2) is 0 Å². The van der Waals surface area contributed by atoms with Crippen LogP contribution in [0.4, 0.5) is 5.69 Å². The molecule has 1 amide bonds. The Bertz CT molecular complexity index is 1210. The maximum Gasteiger partial charge on any atom is 0.238 e. The molecule has 1 heterocycles. The Kier molecular flexibility index (Phi) is 6.67. The van der Waals surface area contributed by atoms with Gasteiger partial charge in [0.1, 0.15) is 0 Å². The molecular weight excluding hydrogens is 440 g/mol. The van der Waals surface area contributed by atoms with Gasteiger partial charge in [0.25, 0.3) is 0 Å². The predicted molar refractivity (Wildman–Crippen MR) is 138 cm³/mol. The molecule has 35 heavy (non-hydrogen) atoms. The summed E-state index contributed by atoms with van der Waals surface area (Å²) in [4.78, 5) is 15.5. The highest BCUT2D eigenvalue weighted by Gasteiger charge is 2.49. The number of carbonyl (C=O) groups is 1. The number of amides is 1. The fourth-order valence-electron chi connectivity index (χ4n) is 6.06. The molecule has 3 aromatic carbocycles. The molecule has 0 bridgehead atoms. The second-order valence-electron chi connectivity index (χ2n) is 9.86. The topological polar surface area (TPSA) is 82.0 Å². The molecule has 1 saturated carbocycles. The van der Waals surface area contributed by atoms with Crippen molar-refractivity contribution < 1.29 is 19.7 Å². The molecule has 1 saturated heterocycles. The third-order valence-corrected chi connectivity index (χ3v) is 7.71. The van der Waals surface area contributed by atoms with Crippen LogP contribution >= 0.6 is 0 Å². The van der Waals surface area contributed by atoms with Crippen LogP contribution in [0.25, 0.3) is 10.8 Å². The first kappa shape index (κ1) is 23.6. The summed E-state index contributed by atoms with van der Waals surface area (Å²) < 4.78 is 5.66. The van der Waals surface area contributed by atoms with Gasteiger partial charge in [0.15, 0.2) is 11.5 Å². The number of hydrogen-bond donors (Lipinski definition) is 3. The third-order valence-electron chi connectivity index (χ3n) is 7.71. The van der Waals surface area contributed by atoms with Gasteiger partial charge in [-0.1, -0.05) is 55.3 Å². The minimum atomic E-state index is -0.727. The third kappa shape index (κ3) is 4.73. The fourth-order valence-corrected chi connectivity index (χ4v) is 6.06. The molecule has 6 nitrogen and oxygen atoms in total. The number of phenolic OH excluding ortho intramolecular Hbond substituents is 1. The van der Waals surface area contributed by atoms with E-state index in [2.05, 4.69) is 10.2 Å². The van der Waals surface area contributed by atoms with E-state index in [9.17, 15) is 15.0 Å². The summed E-state index contributed by atoms with van der Waals surface area (Å²) in [6.45, 7) is 3.19. The first-order valence-electron chi connectivity index (χ1n) is 12.7. The van der Waals surface area contributed by atoms with E-state index in [0.29, 0.717) is 25.3 Å². The Hall–Kier alpha value is -3.09. The lowest BCUT2D eigenvalue weighted by Gasteiger charge is -2.52. The maximum atomic E-state index is 13.3. The van der Waals surface area contributed by atoms with Crippen molar-refractivity contribution in [3.63, 3.8) is 0 Å². The van der Waals surface area contributed by atoms with Crippen molar-refractivity contribution in [3.8, 4) is 11.5 Å². The highest BCUT2D eigenvalue weighted by molar-refractivity contribution is 6.02. The molecule has 2 fully saturated rings. The van der Waals surface area contributed by atoms with Crippen LogP contribution < -0.4 is 10.1 Å². The van der Waals surface area contributed by atoms with Crippen LogP contribution in [0.5, 0.6) is 11.5 Å². The summed E-state index contributed by atoms with van der Waals surface area (Å²) in [7, 11) is 0. The van der Waals surface area contributed by atoms with Gasteiger partial charge in [0.2, 0.25) is 5.91 Å². The highest BCUT2D eigenvalue weighted by atomic mass is 16.5. The van der Waals surface area contributed by atoms with E-state index < -0.39 is 5.60 Å². The zero-order chi connectivity index (χ0) is 24.4. The lowest BCUT2D eigenvalue weighted by molar-refractivity contribution is -0.135. The van der Waals surface area contributed by atoms with Crippen molar-refractivity contribution in [1.29, 1.82) is 0 Å². The van der Waals surface area contributed by atoms with Crippen molar-refractivity contribution >= 4 is 22.4 Å². The molecule has 184 valence electrons. The van der Waals surface area contributed by atoms with Gasteiger partial charge in [-0.05, 0) is 55.3 Å². The van der Waals surface area contributed by atoms with Gasteiger partial charge in [0.05, 0.1) is 18.8 Å². The van der Waals surface area contributed by atoms with Crippen molar-refractivity contribution in [2.75, 3.05) is 25.0 Å². The van der Waals surface area contributed by atoms with Crippen molar-refractivity contribution in [3.05, 3.63) is 66.2 Å². The normalized spacial score (nSPS) is 24.6. The Morgan fingerprint density at radius 3 is 2.80 bits per heavy atom. The predicted octanol–water partition coefficient (Wildman–Crippen LogP) is 5.25. The summed E-state index contributed by atoms with van der Waals surface area (Å²) in [5, 5.41) is 27.0. The SMILES string of the molecule is CCOc1cc([C@@H]2[C@@H]3CCCC[C@@]3(O)CCN2CC(=O)Nc2cccc3ccccc23)ccc1O. The van der Waals surface area contributed by atoms with Crippen LogP contribution in [-0.2, 0) is 4.79 Å². The van der Waals surface area contributed by atoms with E-state index in [4.69, 9.17) is 4.74 Å². The smallest absolute Gasteiger partial charge is 0.238 e. The largest absolute Gasteiger partial charge is 0.504 e. The molecule has 0 radical (unpaired) electrons. The number of nitrogens with zero attached hydrogens (tertiary/aromatic N) is 1. The number of hydrogen-bond acceptors (Lipinski definition) is 5. The number of benzene rings is 3. The van der Waals surface area contributed by atoms with E-state index >= 15 is 0 Å². The van der Waals surface area contributed by atoms with E-state index in [1.165, 1.54) is 0 Å². The fraction of sp³-hybridized carbons (Fsp3) is 0.414. The monoisotopic (exact) mass is 474 g/mol. The van der Waals surface area contributed by atoms with Gasteiger partial charge >= 0.3 is 0 Å². The van der Waals surface area contributed by atoms with Gasteiger partial charge in [0, 0.05) is 29.6 Å². The quantitative estimate of drug-likeness (QED) is 0.455. The summed E-state index contributed by atoms with van der Waals surface area (Å²) >= 11 is 0. The summed E-state index contributed by atoms with van der Waals surface area (Å²) in [6, 6.07) is 19.2. The van der Waals surface area contributed by atoms with Crippen molar-refractivity contribution in [2.45, 2.75) is 50.7 Å². The van der Waals surface area contributed by atoms with Crippen LogP contribution in [0.15, 0.2) is 60.7 Å². The lowest BCUT2D eigenvalue weighted by atomic mass is 9.66. The van der Waals surface area contributed by atoms with Crippen molar-refractivity contribution in [1.82, 2.24) is 4.90 Å². The number of nitrogens with one attached hydrogen (secondary N) is 1. The Labute approximate surface area is 206 Å². The molecule has 1 aliphatic heterocycles. The zero-order valence-corrected chi connectivity index (χ0v) is 20.2. The summed E-state index contributed by atoms with van der Waals surface area (Å²) in [5.41, 5.74) is 1.04. The average molecular weight is 475 g/mol. The first-order valence-corrected chi connectivity index (χ1v) is 12.7. The van der Waals surface area contributed by atoms with E-state index in [-0.39, 0.29) is 30.2 Å². The lowest BCUT2D eigenvalue weighted by Crippen LogP contribution is -2.56. The number of anilines is 1. The van der Waals surface area contributed by atoms with Gasteiger partial charge in [-0.15, -0.1) is 0 Å². The highest BCUT2D eigenvalue weighted by Crippen LogP contribution is 2.50. The van der Waals surface area contributed by atoms with Gasteiger partial charge in [-0.2, -0.15) is 0 Å². The molecule has 5 rings (SSSR count). The molecule has 3 aromatic rings. The molecule has 0 spiro atoms. The Morgan fingerprint density at radius 2 is 1.94 bits per heavy atom. The van der Waals surface area contributed by atoms with Crippen LogP contribution in [0.3, 0.4) is 0 Å². The summed E-state index contributed by atoms with van der Waals surface area (Å²) in [6.07, 6.45) is 4.46.